The van der Waals surface area contributed by atoms with Gasteiger partial charge in [0.1, 0.15) is 11.5 Å². The summed E-state index contributed by atoms with van der Waals surface area (Å²) in [7, 11) is 1.54. The van der Waals surface area contributed by atoms with Crippen molar-refractivity contribution in [3.05, 3.63) is 56.7 Å². The molecule has 0 saturated carbocycles. The number of unbranched alkanes of at least 4 members (excludes halogenated alkanes) is 1. The van der Waals surface area contributed by atoms with Crippen LogP contribution in [0.4, 0.5) is 11.5 Å². The van der Waals surface area contributed by atoms with E-state index in [0.717, 1.165) is 18.4 Å². The molecule has 0 radical (unpaired) electrons. The Morgan fingerprint density at radius 1 is 1.27 bits per heavy atom. The monoisotopic (exact) mass is 417 g/mol. The maximum atomic E-state index is 12.5. The molecule has 0 spiro atoms. The van der Waals surface area contributed by atoms with Crippen molar-refractivity contribution in [2.24, 2.45) is 0 Å². The molecule has 30 heavy (non-hydrogen) atoms. The first-order valence-corrected chi connectivity index (χ1v) is 10.1. The first-order valence-electron chi connectivity index (χ1n) is 10.1. The Balaban J connectivity index is 2.15. The Bertz CT molecular complexity index is 923. The lowest BCUT2D eigenvalue weighted by molar-refractivity contribution is -0.119. The highest BCUT2D eigenvalue weighted by molar-refractivity contribution is 5.82. The molecule has 4 N–H and O–H groups in total. The Morgan fingerprint density at radius 2 is 2.00 bits per heavy atom. The van der Waals surface area contributed by atoms with Crippen molar-refractivity contribution >= 4 is 17.4 Å². The maximum Gasteiger partial charge on any atom is 0.330 e. The molecule has 0 atom stereocenters. The Morgan fingerprint density at radius 3 is 2.67 bits per heavy atom. The molecule has 2 aromatic rings. The number of hydrogen-bond acceptors (Lipinski definition) is 6. The van der Waals surface area contributed by atoms with Crippen LogP contribution in [-0.4, -0.2) is 48.8 Å². The van der Waals surface area contributed by atoms with Crippen molar-refractivity contribution in [1.29, 1.82) is 0 Å². The molecule has 0 aliphatic carbocycles. The van der Waals surface area contributed by atoms with Gasteiger partial charge < -0.3 is 20.7 Å². The van der Waals surface area contributed by atoms with Crippen molar-refractivity contribution in [3.63, 3.8) is 0 Å². The van der Waals surface area contributed by atoms with Gasteiger partial charge in [-0.1, -0.05) is 43.7 Å². The smallest absolute Gasteiger partial charge is 0.330 e. The van der Waals surface area contributed by atoms with Crippen LogP contribution in [0.15, 0.2) is 39.9 Å². The molecule has 0 aliphatic rings. The molecule has 1 heterocycles. The number of amides is 1. The van der Waals surface area contributed by atoms with Gasteiger partial charge in [0.15, 0.2) is 0 Å². The van der Waals surface area contributed by atoms with Crippen LogP contribution in [0.25, 0.3) is 0 Å². The highest BCUT2D eigenvalue weighted by atomic mass is 16.5. The third-order valence-corrected chi connectivity index (χ3v) is 4.74. The van der Waals surface area contributed by atoms with E-state index in [0.29, 0.717) is 26.1 Å². The number of H-pyrrole nitrogens is 1. The number of hydrogen-bond donors (Lipinski definition) is 3. The molecule has 1 amide bonds. The predicted molar refractivity (Wildman–Crippen MR) is 118 cm³/mol. The summed E-state index contributed by atoms with van der Waals surface area (Å²) in [6, 6.07) is 9.84. The summed E-state index contributed by atoms with van der Waals surface area (Å²) >= 11 is 0. The van der Waals surface area contributed by atoms with Crippen LogP contribution in [0, 0.1) is 0 Å². The first kappa shape index (κ1) is 23.2. The summed E-state index contributed by atoms with van der Waals surface area (Å²) in [4.78, 5) is 41.0. The predicted octanol–water partition coefficient (Wildman–Crippen LogP) is 0.731. The van der Waals surface area contributed by atoms with E-state index < -0.39 is 11.2 Å². The van der Waals surface area contributed by atoms with Gasteiger partial charge >= 0.3 is 5.69 Å². The Hall–Kier alpha value is -3.07. The number of aromatic amines is 1. The Labute approximate surface area is 175 Å². The van der Waals surface area contributed by atoms with Gasteiger partial charge in [-0.15, -0.1) is 0 Å². The molecule has 0 fully saturated rings. The average Bonchev–Trinajstić information content (AvgIpc) is 2.72. The molecule has 1 aromatic carbocycles. The summed E-state index contributed by atoms with van der Waals surface area (Å²) in [6.07, 6.45) is 2.32. The fourth-order valence-electron chi connectivity index (χ4n) is 3.11. The number of anilines is 2. The van der Waals surface area contributed by atoms with Gasteiger partial charge in [-0.25, -0.2) is 4.79 Å². The zero-order chi connectivity index (χ0) is 21.9. The van der Waals surface area contributed by atoms with Crippen LogP contribution < -0.4 is 27.2 Å². The van der Waals surface area contributed by atoms with E-state index >= 15 is 0 Å². The molecule has 9 nitrogen and oxygen atoms in total. The third-order valence-electron chi connectivity index (χ3n) is 4.74. The van der Waals surface area contributed by atoms with Gasteiger partial charge in [-0.05, 0) is 18.4 Å². The van der Waals surface area contributed by atoms with E-state index in [9.17, 15) is 14.4 Å². The number of rotatable bonds is 12. The van der Waals surface area contributed by atoms with Gasteiger partial charge in [0.05, 0.1) is 13.2 Å². The van der Waals surface area contributed by atoms with Gasteiger partial charge in [0.2, 0.25) is 5.91 Å². The van der Waals surface area contributed by atoms with E-state index in [1.165, 1.54) is 11.7 Å². The van der Waals surface area contributed by atoms with E-state index in [1.54, 1.807) is 4.90 Å². The van der Waals surface area contributed by atoms with Gasteiger partial charge in [0, 0.05) is 26.7 Å². The largest absolute Gasteiger partial charge is 0.383 e. The van der Waals surface area contributed by atoms with Crippen LogP contribution in [-0.2, 0) is 22.5 Å². The number of nitrogens with two attached hydrogens (primary N) is 1. The van der Waals surface area contributed by atoms with Crippen LogP contribution >= 0.6 is 0 Å². The normalized spacial score (nSPS) is 10.7. The van der Waals surface area contributed by atoms with Crippen molar-refractivity contribution in [1.82, 2.24) is 14.9 Å². The number of carbonyl (C=O) groups is 1. The van der Waals surface area contributed by atoms with E-state index in [1.807, 2.05) is 37.3 Å². The van der Waals surface area contributed by atoms with Crippen LogP contribution in [0.1, 0.15) is 25.3 Å². The number of nitrogen functional groups attached to an aromatic ring is 1. The van der Waals surface area contributed by atoms with Crippen molar-refractivity contribution < 1.29 is 9.53 Å². The zero-order valence-corrected chi connectivity index (χ0v) is 17.6. The van der Waals surface area contributed by atoms with Crippen molar-refractivity contribution in [2.45, 2.75) is 32.7 Å². The highest BCUT2D eigenvalue weighted by Gasteiger charge is 2.20. The molecular formula is C21H31N5O4. The fraction of sp³-hybridized carbons (Fsp3) is 0.476. The summed E-state index contributed by atoms with van der Waals surface area (Å²) in [5.74, 6) is -0.183. The molecular weight excluding hydrogens is 386 g/mol. The summed E-state index contributed by atoms with van der Waals surface area (Å²) in [5, 5.41) is 2.86. The maximum absolute atomic E-state index is 12.5. The number of benzene rings is 1. The number of methoxy groups -OCH3 is 1. The minimum absolute atomic E-state index is 0.0605. The standard InChI is InChI=1S/C21H31N5O4/c1-3-4-12-26-19(22)18(20(28)24-21(26)29)25(13-14-30-2)15-17(27)23-11-10-16-8-6-5-7-9-16/h5-9H,3-4,10-15,22H2,1-2H3,(H,23,27)(H,24,28,29). The molecule has 0 saturated heterocycles. The van der Waals surface area contributed by atoms with E-state index in [-0.39, 0.29) is 30.5 Å². The quantitative estimate of drug-likeness (QED) is 0.468. The fourth-order valence-corrected chi connectivity index (χ4v) is 3.11. The molecule has 0 bridgehead atoms. The lowest BCUT2D eigenvalue weighted by Gasteiger charge is -2.25. The molecule has 1 aromatic heterocycles. The second-order valence-electron chi connectivity index (χ2n) is 7.00. The van der Waals surface area contributed by atoms with Gasteiger partial charge in [-0.3, -0.25) is 19.1 Å². The molecule has 9 heteroatoms. The lowest BCUT2D eigenvalue weighted by Crippen LogP contribution is -2.44. The minimum Gasteiger partial charge on any atom is -0.383 e. The number of aromatic nitrogens is 2. The van der Waals surface area contributed by atoms with E-state index in [4.69, 9.17) is 10.5 Å². The number of nitrogens with one attached hydrogen (secondary N) is 2. The molecule has 2 rings (SSSR count). The average molecular weight is 418 g/mol. The number of carbonyl (C=O) groups excluding carboxylic acids is 1. The second kappa shape index (κ2) is 11.8. The summed E-state index contributed by atoms with van der Waals surface area (Å²) < 4.78 is 6.46. The van der Waals surface area contributed by atoms with Crippen LogP contribution in [0.3, 0.4) is 0 Å². The Kier molecular flexibility index (Phi) is 9.14. The summed E-state index contributed by atoms with van der Waals surface area (Å²) in [6.45, 7) is 3.37. The van der Waals surface area contributed by atoms with Crippen LogP contribution in [0.2, 0.25) is 0 Å². The van der Waals surface area contributed by atoms with E-state index in [2.05, 4.69) is 10.3 Å². The SMILES string of the molecule is CCCCn1c(N)c(N(CCOC)CC(=O)NCCc2ccccc2)c(=O)[nH]c1=O. The molecule has 0 aliphatic heterocycles. The number of ether oxygens (including phenoxy) is 1. The van der Waals surface area contributed by atoms with Gasteiger partial charge in [-0.2, -0.15) is 0 Å². The molecule has 0 unspecified atom stereocenters. The lowest BCUT2D eigenvalue weighted by atomic mass is 10.1. The second-order valence-corrected chi connectivity index (χ2v) is 7.00. The zero-order valence-electron chi connectivity index (χ0n) is 17.6. The van der Waals surface area contributed by atoms with Crippen molar-refractivity contribution in [3.8, 4) is 0 Å². The number of nitrogens with zero attached hydrogens (tertiary/aromatic N) is 2. The minimum atomic E-state index is -0.613. The molecule has 164 valence electrons. The third kappa shape index (κ3) is 6.48. The summed E-state index contributed by atoms with van der Waals surface area (Å²) in [5.41, 5.74) is 6.25. The van der Waals surface area contributed by atoms with Crippen molar-refractivity contribution in [2.75, 3.05) is 44.0 Å². The van der Waals surface area contributed by atoms with Gasteiger partial charge in [0.25, 0.3) is 5.56 Å². The first-order chi connectivity index (χ1) is 14.5. The topological polar surface area (TPSA) is 122 Å². The highest BCUT2D eigenvalue weighted by Crippen LogP contribution is 2.16. The van der Waals surface area contributed by atoms with Crippen LogP contribution in [0.5, 0.6) is 0 Å².